The molecule has 2 rings (SSSR count). The summed E-state index contributed by atoms with van der Waals surface area (Å²) < 4.78 is 1.47. The lowest BCUT2D eigenvalue weighted by molar-refractivity contribution is -0.141. The number of carboxylic acid groups (broad SMARTS) is 1. The highest BCUT2D eigenvalue weighted by atomic mass is 79.9. The van der Waals surface area contributed by atoms with Crippen molar-refractivity contribution >= 4 is 61.3 Å². The van der Waals surface area contributed by atoms with Crippen LogP contribution in [0.15, 0.2) is 27.1 Å². The van der Waals surface area contributed by atoms with Gasteiger partial charge in [0.2, 0.25) is 0 Å². The van der Waals surface area contributed by atoms with E-state index in [0.717, 1.165) is 14.7 Å². The number of amides is 2. The largest absolute Gasteiger partial charge is 0.480 e. The van der Waals surface area contributed by atoms with E-state index in [1.807, 2.05) is 6.07 Å². The van der Waals surface area contributed by atoms with Crippen molar-refractivity contribution in [3.8, 4) is 0 Å². The quantitative estimate of drug-likeness (QED) is 0.765. The molecule has 1 atom stereocenters. The molecule has 2 amide bonds. The van der Waals surface area contributed by atoms with Gasteiger partial charge in [0.25, 0.3) is 0 Å². The molecule has 1 fully saturated rings. The van der Waals surface area contributed by atoms with Crippen molar-refractivity contribution < 1.29 is 14.7 Å². The van der Waals surface area contributed by atoms with E-state index in [2.05, 4.69) is 37.2 Å². The van der Waals surface area contributed by atoms with Crippen LogP contribution in [0.5, 0.6) is 0 Å². The van der Waals surface area contributed by atoms with Gasteiger partial charge in [-0.1, -0.05) is 6.07 Å². The SMILES string of the molecule is O=C(O)C1CSCCN1C(=O)Nc1c(Br)cccc1Br. The number of carboxylic acids is 1. The van der Waals surface area contributed by atoms with Gasteiger partial charge in [-0.3, -0.25) is 0 Å². The first-order chi connectivity index (χ1) is 9.50. The lowest BCUT2D eigenvalue weighted by Crippen LogP contribution is -2.51. The van der Waals surface area contributed by atoms with Gasteiger partial charge >= 0.3 is 12.0 Å². The monoisotopic (exact) mass is 422 g/mol. The molecule has 0 radical (unpaired) electrons. The molecule has 2 N–H and O–H groups in total. The van der Waals surface area contributed by atoms with Gasteiger partial charge < -0.3 is 15.3 Å². The van der Waals surface area contributed by atoms with Crippen LogP contribution in [-0.4, -0.2) is 46.1 Å². The fourth-order valence-electron chi connectivity index (χ4n) is 1.85. The zero-order valence-electron chi connectivity index (χ0n) is 10.3. The molecule has 0 aromatic heterocycles. The van der Waals surface area contributed by atoms with Crippen LogP contribution in [0.3, 0.4) is 0 Å². The van der Waals surface area contributed by atoms with Crippen molar-refractivity contribution in [3.63, 3.8) is 0 Å². The maximum absolute atomic E-state index is 12.3. The molecule has 0 saturated carbocycles. The highest BCUT2D eigenvalue weighted by Crippen LogP contribution is 2.31. The summed E-state index contributed by atoms with van der Waals surface area (Å²) in [7, 11) is 0. The van der Waals surface area contributed by atoms with Crippen molar-refractivity contribution in [2.24, 2.45) is 0 Å². The van der Waals surface area contributed by atoms with Crippen LogP contribution in [0.4, 0.5) is 10.5 Å². The molecule has 1 aromatic rings. The molecule has 1 saturated heterocycles. The summed E-state index contributed by atoms with van der Waals surface area (Å²) >= 11 is 8.26. The zero-order chi connectivity index (χ0) is 14.7. The fourth-order valence-corrected chi connectivity index (χ4v) is 4.08. The number of anilines is 1. The van der Waals surface area contributed by atoms with Crippen molar-refractivity contribution in [2.75, 3.05) is 23.4 Å². The number of nitrogens with one attached hydrogen (secondary N) is 1. The van der Waals surface area contributed by atoms with Gasteiger partial charge in [0.1, 0.15) is 6.04 Å². The Kier molecular flexibility index (Phi) is 5.34. The minimum atomic E-state index is -0.974. The minimum absolute atomic E-state index is 0.398. The Hall–Kier alpha value is -0.730. The maximum Gasteiger partial charge on any atom is 0.327 e. The Morgan fingerprint density at radius 1 is 1.35 bits per heavy atom. The summed E-state index contributed by atoms with van der Waals surface area (Å²) in [6, 6.07) is 4.27. The number of benzene rings is 1. The molecule has 1 aromatic carbocycles. The smallest absolute Gasteiger partial charge is 0.327 e. The standard InChI is InChI=1S/C12H12Br2N2O3S/c13-7-2-1-3-8(14)10(7)15-12(19)16-4-5-20-6-9(16)11(17)18/h1-3,9H,4-6H2,(H,15,19)(H,17,18). The normalized spacial score (nSPS) is 18.7. The number of thioether (sulfide) groups is 1. The van der Waals surface area contributed by atoms with E-state index in [1.165, 1.54) is 4.90 Å². The van der Waals surface area contributed by atoms with Crippen molar-refractivity contribution in [3.05, 3.63) is 27.1 Å². The number of rotatable bonds is 2. The number of urea groups is 1. The van der Waals surface area contributed by atoms with Crippen LogP contribution < -0.4 is 5.32 Å². The van der Waals surface area contributed by atoms with Gasteiger partial charge in [0, 0.05) is 27.0 Å². The summed E-state index contributed by atoms with van der Waals surface area (Å²) in [5.74, 6) is 0.187. The second-order valence-electron chi connectivity index (χ2n) is 4.15. The van der Waals surface area contributed by atoms with Crippen LogP contribution >= 0.6 is 43.6 Å². The topological polar surface area (TPSA) is 69.6 Å². The average molecular weight is 424 g/mol. The van der Waals surface area contributed by atoms with Gasteiger partial charge in [-0.15, -0.1) is 0 Å². The average Bonchev–Trinajstić information content (AvgIpc) is 2.43. The van der Waals surface area contributed by atoms with Gasteiger partial charge in [-0.25, -0.2) is 9.59 Å². The van der Waals surface area contributed by atoms with E-state index in [-0.39, 0.29) is 0 Å². The Morgan fingerprint density at radius 3 is 2.60 bits per heavy atom. The van der Waals surface area contributed by atoms with E-state index < -0.39 is 18.0 Å². The lowest BCUT2D eigenvalue weighted by Gasteiger charge is -2.32. The third-order valence-electron chi connectivity index (χ3n) is 2.87. The number of hydrogen-bond donors (Lipinski definition) is 2. The Labute approximate surface area is 137 Å². The van der Waals surface area contributed by atoms with Crippen molar-refractivity contribution in [1.29, 1.82) is 0 Å². The Balaban J connectivity index is 2.16. The molecule has 1 unspecified atom stereocenters. The molecule has 5 nitrogen and oxygen atoms in total. The number of para-hydroxylation sites is 1. The van der Waals surface area contributed by atoms with Crippen molar-refractivity contribution in [1.82, 2.24) is 4.90 Å². The van der Waals surface area contributed by atoms with E-state index in [4.69, 9.17) is 0 Å². The van der Waals surface area contributed by atoms with Crippen LogP contribution in [0.2, 0.25) is 0 Å². The molecule has 1 aliphatic heterocycles. The molecule has 0 bridgehead atoms. The number of carbonyl (C=O) groups is 2. The zero-order valence-corrected chi connectivity index (χ0v) is 14.3. The van der Waals surface area contributed by atoms with Gasteiger partial charge in [-0.05, 0) is 44.0 Å². The molecule has 0 aliphatic carbocycles. The van der Waals surface area contributed by atoms with E-state index in [1.54, 1.807) is 23.9 Å². The van der Waals surface area contributed by atoms with Gasteiger partial charge in [0.15, 0.2) is 0 Å². The summed E-state index contributed by atoms with van der Waals surface area (Å²) in [5.41, 5.74) is 0.597. The first-order valence-corrected chi connectivity index (χ1v) is 8.57. The second-order valence-corrected chi connectivity index (χ2v) is 7.01. The molecule has 0 spiro atoms. The predicted molar refractivity (Wildman–Crippen MR) is 86.3 cm³/mol. The van der Waals surface area contributed by atoms with Crippen LogP contribution in [-0.2, 0) is 4.79 Å². The van der Waals surface area contributed by atoms with Crippen molar-refractivity contribution in [2.45, 2.75) is 6.04 Å². The number of nitrogens with zero attached hydrogens (tertiary/aromatic N) is 1. The predicted octanol–water partition coefficient (Wildman–Crippen LogP) is 3.25. The maximum atomic E-state index is 12.3. The first-order valence-electron chi connectivity index (χ1n) is 5.83. The Bertz CT molecular complexity index is 521. The van der Waals surface area contributed by atoms with E-state index in [0.29, 0.717) is 18.0 Å². The highest BCUT2D eigenvalue weighted by Gasteiger charge is 2.32. The Morgan fingerprint density at radius 2 is 2.00 bits per heavy atom. The highest BCUT2D eigenvalue weighted by molar-refractivity contribution is 9.11. The molecule has 20 heavy (non-hydrogen) atoms. The van der Waals surface area contributed by atoms with Crippen LogP contribution in [0.25, 0.3) is 0 Å². The number of hydrogen-bond acceptors (Lipinski definition) is 3. The first kappa shape index (κ1) is 15.7. The summed E-state index contributed by atoms with van der Waals surface area (Å²) in [6.45, 7) is 0.426. The second kappa shape index (κ2) is 6.82. The molecule has 108 valence electrons. The van der Waals surface area contributed by atoms with Crippen LogP contribution in [0, 0.1) is 0 Å². The molecule has 1 aliphatic rings. The lowest BCUT2D eigenvalue weighted by atomic mass is 10.3. The summed E-state index contributed by atoms with van der Waals surface area (Å²) in [6.07, 6.45) is 0. The third-order valence-corrected chi connectivity index (χ3v) is 5.21. The van der Waals surface area contributed by atoms with Crippen LogP contribution in [0.1, 0.15) is 0 Å². The molecular formula is C12H12Br2N2O3S. The molecular weight excluding hydrogens is 412 g/mol. The van der Waals surface area contributed by atoms with Gasteiger partial charge in [0.05, 0.1) is 5.69 Å². The number of aliphatic carboxylic acids is 1. The molecule has 8 heteroatoms. The van der Waals surface area contributed by atoms with Gasteiger partial charge in [-0.2, -0.15) is 11.8 Å². The summed E-state index contributed by atoms with van der Waals surface area (Å²) in [5, 5.41) is 11.9. The third kappa shape index (κ3) is 3.48. The molecule has 1 heterocycles. The summed E-state index contributed by atoms with van der Waals surface area (Å²) in [4.78, 5) is 24.9. The number of halogens is 2. The fraction of sp³-hybridized carbons (Fsp3) is 0.333. The minimum Gasteiger partial charge on any atom is -0.480 e. The van der Waals surface area contributed by atoms with E-state index in [9.17, 15) is 14.7 Å². The number of carbonyl (C=O) groups excluding carboxylic acids is 1. The van der Waals surface area contributed by atoms with E-state index >= 15 is 0 Å².